The molecule has 116 valence electrons. The maximum Gasteiger partial charge on any atom is 0.230 e. The van der Waals surface area contributed by atoms with E-state index in [1.165, 1.54) is 5.69 Å². The Bertz CT molecular complexity index is 841. The average molecular weight is 304 g/mol. The lowest BCUT2D eigenvalue weighted by atomic mass is 10.2. The van der Waals surface area contributed by atoms with Gasteiger partial charge in [-0.2, -0.15) is 0 Å². The Morgan fingerprint density at radius 3 is 2.57 bits per heavy atom. The lowest BCUT2D eigenvalue weighted by molar-refractivity contribution is 0.853. The molecular formula is C19H20N4. The first-order valence-corrected chi connectivity index (χ1v) is 7.56. The summed E-state index contributed by atoms with van der Waals surface area (Å²) in [5.74, 6) is 0.697. The van der Waals surface area contributed by atoms with Crippen LogP contribution < -0.4 is 4.90 Å². The number of allylic oxidation sites excluding steroid dienone is 1. The smallest absolute Gasteiger partial charge is 0.230 e. The highest BCUT2D eigenvalue weighted by molar-refractivity contribution is 5.84. The second-order valence-corrected chi connectivity index (χ2v) is 5.54. The predicted molar refractivity (Wildman–Crippen MR) is 98.0 cm³/mol. The van der Waals surface area contributed by atoms with Crippen molar-refractivity contribution in [1.29, 1.82) is 0 Å². The second-order valence-electron chi connectivity index (χ2n) is 5.54. The Hall–Kier alpha value is -2.88. The van der Waals surface area contributed by atoms with Gasteiger partial charge in [0.15, 0.2) is 0 Å². The van der Waals surface area contributed by atoms with Crippen LogP contribution in [0.4, 0.5) is 11.6 Å². The first-order valence-electron chi connectivity index (χ1n) is 7.56. The summed E-state index contributed by atoms with van der Waals surface area (Å²) in [6.07, 6.45) is 3.71. The van der Waals surface area contributed by atoms with Crippen molar-refractivity contribution >= 4 is 28.9 Å². The molecule has 23 heavy (non-hydrogen) atoms. The van der Waals surface area contributed by atoms with E-state index in [1.54, 1.807) is 0 Å². The molecule has 0 bridgehead atoms. The summed E-state index contributed by atoms with van der Waals surface area (Å²) < 4.78 is 2.06. The molecule has 0 amide bonds. The van der Waals surface area contributed by atoms with Crippen LogP contribution in [-0.2, 0) is 6.54 Å². The molecule has 0 saturated carbocycles. The van der Waals surface area contributed by atoms with Gasteiger partial charge in [0.05, 0.1) is 11.0 Å². The van der Waals surface area contributed by atoms with Crippen LogP contribution in [0.5, 0.6) is 0 Å². The largest absolute Gasteiger partial charge is 0.378 e. The number of anilines is 1. The number of para-hydroxylation sites is 2. The van der Waals surface area contributed by atoms with Crippen molar-refractivity contribution in [3.05, 3.63) is 66.7 Å². The third-order valence-electron chi connectivity index (χ3n) is 3.68. The van der Waals surface area contributed by atoms with Crippen molar-refractivity contribution in [3.63, 3.8) is 0 Å². The van der Waals surface area contributed by atoms with Crippen molar-refractivity contribution in [3.8, 4) is 0 Å². The number of aliphatic imine (C=N–C) groups is 1. The maximum absolute atomic E-state index is 4.60. The van der Waals surface area contributed by atoms with Gasteiger partial charge in [-0.1, -0.05) is 30.3 Å². The number of benzene rings is 2. The molecule has 0 saturated heterocycles. The topological polar surface area (TPSA) is 33.4 Å². The van der Waals surface area contributed by atoms with E-state index in [4.69, 9.17) is 0 Å². The number of fused-ring (bicyclic) bond motifs is 1. The van der Waals surface area contributed by atoms with Crippen molar-refractivity contribution in [2.24, 2.45) is 4.99 Å². The zero-order chi connectivity index (χ0) is 16.2. The van der Waals surface area contributed by atoms with Crippen LogP contribution in [-0.4, -0.2) is 29.9 Å². The quantitative estimate of drug-likeness (QED) is 0.526. The molecule has 0 N–H and O–H groups in total. The Balaban J connectivity index is 1.93. The third kappa shape index (κ3) is 3.16. The summed E-state index contributed by atoms with van der Waals surface area (Å²) in [6, 6.07) is 16.3. The van der Waals surface area contributed by atoms with Crippen molar-refractivity contribution in [2.45, 2.75) is 6.54 Å². The van der Waals surface area contributed by atoms with Crippen LogP contribution >= 0.6 is 0 Å². The number of hydrogen-bond donors (Lipinski definition) is 0. The summed E-state index contributed by atoms with van der Waals surface area (Å²) in [7, 11) is 4.06. The normalized spacial score (nSPS) is 11.2. The molecular weight excluding hydrogens is 284 g/mol. The molecule has 0 radical (unpaired) electrons. The minimum atomic E-state index is 0.687. The van der Waals surface area contributed by atoms with E-state index in [9.17, 15) is 0 Å². The van der Waals surface area contributed by atoms with E-state index in [0.29, 0.717) is 12.5 Å². The van der Waals surface area contributed by atoms with Gasteiger partial charge in [0, 0.05) is 32.5 Å². The Kier molecular flexibility index (Phi) is 4.24. The molecule has 1 aromatic heterocycles. The molecule has 4 nitrogen and oxygen atoms in total. The van der Waals surface area contributed by atoms with Gasteiger partial charge in [-0.15, -0.1) is 6.58 Å². The first kappa shape index (κ1) is 15.0. The lowest BCUT2D eigenvalue weighted by Crippen LogP contribution is -2.08. The Labute approximate surface area is 136 Å². The van der Waals surface area contributed by atoms with Gasteiger partial charge in [-0.3, -0.25) is 0 Å². The van der Waals surface area contributed by atoms with Gasteiger partial charge < -0.3 is 9.47 Å². The van der Waals surface area contributed by atoms with Crippen LogP contribution in [0.2, 0.25) is 0 Å². The fraction of sp³-hybridized carbons (Fsp3) is 0.158. The highest BCUT2D eigenvalue weighted by Crippen LogP contribution is 2.21. The minimum absolute atomic E-state index is 0.687. The Morgan fingerprint density at radius 2 is 1.87 bits per heavy atom. The number of hydrogen-bond acceptors (Lipinski definition) is 3. The molecule has 0 unspecified atom stereocenters. The molecule has 0 spiro atoms. The van der Waals surface area contributed by atoms with E-state index in [0.717, 1.165) is 16.6 Å². The van der Waals surface area contributed by atoms with Gasteiger partial charge in [-0.25, -0.2) is 9.98 Å². The molecule has 1 heterocycles. The van der Waals surface area contributed by atoms with E-state index >= 15 is 0 Å². The second kappa shape index (κ2) is 6.48. The van der Waals surface area contributed by atoms with Crippen LogP contribution in [0.3, 0.4) is 0 Å². The molecule has 0 atom stereocenters. The van der Waals surface area contributed by atoms with Gasteiger partial charge >= 0.3 is 0 Å². The molecule has 0 aliphatic heterocycles. The summed E-state index contributed by atoms with van der Waals surface area (Å²) in [5.41, 5.74) is 4.24. The molecule has 0 aliphatic rings. The van der Waals surface area contributed by atoms with Crippen molar-refractivity contribution in [2.75, 3.05) is 19.0 Å². The van der Waals surface area contributed by atoms with Crippen molar-refractivity contribution in [1.82, 2.24) is 9.55 Å². The fourth-order valence-corrected chi connectivity index (χ4v) is 2.46. The summed E-state index contributed by atoms with van der Waals surface area (Å²) in [4.78, 5) is 11.2. The fourth-order valence-electron chi connectivity index (χ4n) is 2.46. The monoisotopic (exact) mass is 304 g/mol. The van der Waals surface area contributed by atoms with Gasteiger partial charge in [0.25, 0.3) is 0 Å². The van der Waals surface area contributed by atoms with E-state index in [1.807, 2.05) is 44.6 Å². The lowest BCUT2D eigenvalue weighted by Gasteiger charge is -2.11. The number of rotatable bonds is 5. The number of aromatic nitrogens is 2. The van der Waals surface area contributed by atoms with Gasteiger partial charge in [-0.05, 0) is 29.8 Å². The zero-order valence-corrected chi connectivity index (χ0v) is 13.5. The predicted octanol–water partition coefficient (Wildman–Crippen LogP) is 4.04. The van der Waals surface area contributed by atoms with Gasteiger partial charge in [0.1, 0.15) is 0 Å². The molecule has 2 aromatic carbocycles. The summed E-state index contributed by atoms with van der Waals surface area (Å²) in [6.45, 7) is 4.51. The molecule has 3 aromatic rings. The van der Waals surface area contributed by atoms with Crippen LogP contribution in [0.25, 0.3) is 11.0 Å². The molecule has 3 rings (SSSR count). The first-order chi connectivity index (χ1) is 11.2. The zero-order valence-electron chi connectivity index (χ0n) is 13.5. The van der Waals surface area contributed by atoms with Crippen LogP contribution in [0.1, 0.15) is 5.56 Å². The molecule has 0 aliphatic carbocycles. The maximum atomic E-state index is 4.60. The summed E-state index contributed by atoms with van der Waals surface area (Å²) in [5, 5.41) is 0. The highest BCUT2D eigenvalue weighted by Gasteiger charge is 2.07. The SMILES string of the molecule is C=CCn1c(N=Cc2ccc(N(C)C)cc2)nc2ccccc21. The number of nitrogens with zero attached hydrogens (tertiary/aromatic N) is 4. The van der Waals surface area contributed by atoms with Crippen LogP contribution in [0, 0.1) is 0 Å². The van der Waals surface area contributed by atoms with Crippen molar-refractivity contribution < 1.29 is 0 Å². The Morgan fingerprint density at radius 1 is 1.13 bits per heavy atom. The van der Waals surface area contributed by atoms with E-state index < -0.39 is 0 Å². The van der Waals surface area contributed by atoms with Gasteiger partial charge in [0.2, 0.25) is 5.95 Å². The highest BCUT2D eigenvalue weighted by atomic mass is 15.2. The summed E-state index contributed by atoms with van der Waals surface area (Å²) >= 11 is 0. The average Bonchev–Trinajstić information content (AvgIpc) is 2.92. The number of imidazole rings is 1. The van der Waals surface area contributed by atoms with Crippen LogP contribution in [0.15, 0.2) is 66.2 Å². The standard InChI is InChI=1S/C19H20N4/c1-4-13-23-18-8-6-5-7-17(18)21-19(23)20-14-15-9-11-16(12-10-15)22(2)3/h4-12,14H,1,13H2,2-3H3. The minimum Gasteiger partial charge on any atom is -0.378 e. The van der Waals surface area contributed by atoms with E-state index in [-0.39, 0.29) is 0 Å². The third-order valence-corrected chi connectivity index (χ3v) is 3.68. The molecule has 0 fully saturated rings. The molecule has 4 heteroatoms. The van der Waals surface area contributed by atoms with E-state index in [2.05, 4.69) is 56.4 Å².